The molecule has 2 aromatic carbocycles. The zero-order valence-electron chi connectivity index (χ0n) is 21.3. The number of methoxy groups -OCH3 is 2. The molecule has 0 aliphatic carbocycles. The molecule has 1 atom stereocenters. The van der Waals surface area contributed by atoms with Crippen LogP contribution in [0.3, 0.4) is 0 Å². The van der Waals surface area contributed by atoms with Crippen molar-refractivity contribution in [2.45, 2.75) is 25.9 Å². The van der Waals surface area contributed by atoms with Crippen LogP contribution < -0.4 is 14.8 Å². The molecule has 4 rings (SSSR count). The van der Waals surface area contributed by atoms with Crippen molar-refractivity contribution in [3.63, 3.8) is 0 Å². The smallest absolute Gasteiger partial charge is 0.338 e. The third kappa shape index (κ3) is 5.75. The number of nitrogens with one attached hydrogen (secondary N) is 1. The van der Waals surface area contributed by atoms with E-state index in [1.807, 2.05) is 16.4 Å². The summed E-state index contributed by atoms with van der Waals surface area (Å²) in [6.45, 7) is 5.69. The van der Waals surface area contributed by atoms with E-state index >= 15 is 0 Å². The van der Waals surface area contributed by atoms with E-state index in [1.54, 1.807) is 38.3 Å². The van der Waals surface area contributed by atoms with E-state index in [0.717, 1.165) is 11.1 Å². The summed E-state index contributed by atoms with van der Waals surface area (Å²) in [6, 6.07) is 10.7. The summed E-state index contributed by atoms with van der Waals surface area (Å²) in [7, 11) is 3.09. The molecule has 8 nitrogen and oxygen atoms in total. The standard InChI is InChI=1S/C28H28FN3O5S/c1-5-12-37-27(34)25-17(2)31-28-32(26(25)19-8-11-22(35-3)23(13-19)36-4)21(16-38-28)14-24(33)30-15-18-6-9-20(29)10-7-18/h5-11,13,16,26H,1,12,14-15H2,2-4H3,(H,30,33). The summed E-state index contributed by atoms with van der Waals surface area (Å²) in [5, 5.41) is 5.37. The van der Waals surface area contributed by atoms with Crippen molar-refractivity contribution in [2.24, 2.45) is 4.99 Å². The Morgan fingerprint density at radius 3 is 2.58 bits per heavy atom. The molecule has 0 saturated heterocycles. The Morgan fingerprint density at radius 2 is 1.89 bits per heavy atom. The fourth-order valence-electron chi connectivity index (χ4n) is 4.21. The van der Waals surface area contributed by atoms with Crippen molar-refractivity contribution in [3.8, 4) is 11.5 Å². The lowest BCUT2D eigenvalue weighted by molar-refractivity contribution is -0.138. The minimum absolute atomic E-state index is 0.0467. The number of ether oxygens (including phenoxy) is 3. The first-order chi connectivity index (χ1) is 18.4. The van der Waals surface area contributed by atoms with Crippen LogP contribution in [0.4, 0.5) is 4.39 Å². The fraction of sp³-hybridized carbons (Fsp3) is 0.250. The fourth-order valence-corrected chi connectivity index (χ4v) is 5.18. The SMILES string of the molecule is C=CCOC(=O)C1=C(C)N=C2SC=C(CC(=O)NCc3ccc(F)cc3)N2C1c1ccc(OC)c(OC)c1. The Bertz CT molecular complexity index is 1340. The first-order valence-electron chi connectivity index (χ1n) is 11.8. The number of esters is 1. The van der Waals surface area contributed by atoms with Crippen LogP contribution in [0.15, 0.2) is 82.5 Å². The lowest BCUT2D eigenvalue weighted by Gasteiger charge is -2.36. The molecule has 2 aliphatic heterocycles. The van der Waals surface area contributed by atoms with Gasteiger partial charge in [0.05, 0.1) is 38.0 Å². The van der Waals surface area contributed by atoms with Crippen LogP contribution in [0.25, 0.3) is 0 Å². The zero-order chi connectivity index (χ0) is 27.2. The van der Waals surface area contributed by atoms with Crippen molar-refractivity contribution in [2.75, 3.05) is 20.8 Å². The minimum Gasteiger partial charge on any atom is -0.493 e. The van der Waals surface area contributed by atoms with E-state index in [1.165, 1.54) is 37.1 Å². The number of carbonyl (C=O) groups excluding carboxylic acids is 2. The number of rotatable bonds is 10. The minimum atomic E-state index is -0.620. The van der Waals surface area contributed by atoms with Gasteiger partial charge in [-0.15, -0.1) is 0 Å². The lowest BCUT2D eigenvalue weighted by Crippen LogP contribution is -2.38. The largest absolute Gasteiger partial charge is 0.493 e. The highest BCUT2D eigenvalue weighted by Crippen LogP contribution is 2.46. The Hall–Kier alpha value is -4.05. The molecule has 198 valence electrons. The first-order valence-corrected chi connectivity index (χ1v) is 12.7. The number of aliphatic imine (C=N–C) groups is 1. The third-order valence-corrected chi connectivity index (χ3v) is 6.91. The van der Waals surface area contributed by atoms with Gasteiger partial charge in [0.15, 0.2) is 16.7 Å². The number of carbonyl (C=O) groups is 2. The van der Waals surface area contributed by atoms with E-state index < -0.39 is 12.0 Å². The molecule has 0 bridgehead atoms. The summed E-state index contributed by atoms with van der Waals surface area (Å²) in [5.74, 6) is -0.0428. The topological polar surface area (TPSA) is 89.5 Å². The Kier molecular flexibility index (Phi) is 8.52. The summed E-state index contributed by atoms with van der Waals surface area (Å²) in [5.41, 5.74) is 3.06. The molecular formula is C28H28FN3O5S. The molecule has 0 radical (unpaired) electrons. The number of benzene rings is 2. The number of hydrogen-bond acceptors (Lipinski definition) is 8. The molecule has 0 aromatic heterocycles. The van der Waals surface area contributed by atoms with Crippen LogP contribution in [0, 0.1) is 5.82 Å². The molecule has 38 heavy (non-hydrogen) atoms. The molecule has 0 spiro atoms. The highest BCUT2D eigenvalue weighted by Gasteiger charge is 2.41. The Morgan fingerprint density at radius 1 is 1.16 bits per heavy atom. The van der Waals surface area contributed by atoms with Crippen molar-refractivity contribution in [1.82, 2.24) is 10.2 Å². The average molecular weight is 538 g/mol. The summed E-state index contributed by atoms with van der Waals surface area (Å²) < 4.78 is 29.5. The van der Waals surface area contributed by atoms with Gasteiger partial charge in [0.2, 0.25) is 5.91 Å². The van der Waals surface area contributed by atoms with Gasteiger partial charge in [-0.1, -0.05) is 42.6 Å². The number of thioether (sulfide) groups is 1. The van der Waals surface area contributed by atoms with Gasteiger partial charge in [-0.25, -0.2) is 14.2 Å². The second kappa shape index (κ2) is 12.0. The van der Waals surface area contributed by atoms with Crippen LogP contribution in [0.2, 0.25) is 0 Å². The predicted octanol–water partition coefficient (Wildman–Crippen LogP) is 4.85. The van der Waals surface area contributed by atoms with Gasteiger partial charge in [0.1, 0.15) is 12.4 Å². The number of nitrogens with zero attached hydrogens (tertiary/aromatic N) is 2. The van der Waals surface area contributed by atoms with Gasteiger partial charge in [0, 0.05) is 12.2 Å². The van der Waals surface area contributed by atoms with Gasteiger partial charge < -0.3 is 24.4 Å². The number of fused-ring (bicyclic) bond motifs is 1. The quantitative estimate of drug-likeness (QED) is 0.342. The normalized spacial score (nSPS) is 16.3. The van der Waals surface area contributed by atoms with Gasteiger partial charge in [-0.05, 0) is 47.7 Å². The maximum Gasteiger partial charge on any atom is 0.338 e. The van der Waals surface area contributed by atoms with Crippen LogP contribution in [-0.4, -0.2) is 42.8 Å². The molecule has 0 saturated carbocycles. The summed E-state index contributed by atoms with van der Waals surface area (Å²) >= 11 is 1.38. The van der Waals surface area contributed by atoms with Gasteiger partial charge in [-0.2, -0.15) is 0 Å². The lowest BCUT2D eigenvalue weighted by atomic mass is 9.93. The molecule has 1 amide bonds. The maximum atomic E-state index is 13.2. The van der Waals surface area contributed by atoms with Crippen molar-refractivity contribution in [3.05, 3.63) is 94.4 Å². The molecule has 0 fully saturated rings. The second-order valence-electron chi connectivity index (χ2n) is 8.47. The molecule has 10 heteroatoms. The van der Waals surface area contributed by atoms with Crippen LogP contribution in [-0.2, 0) is 20.9 Å². The maximum absolute atomic E-state index is 13.2. The number of amides is 1. The van der Waals surface area contributed by atoms with Crippen molar-refractivity contribution >= 4 is 28.8 Å². The van der Waals surface area contributed by atoms with Crippen LogP contribution >= 0.6 is 11.8 Å². The van der Waals surface area contributed by atoms with Gasteiger partial charge in [-0.3, -0.25) is 4.79 Å². The Balaban J connectivity index is 1.64. The number of allylic oxidation sites excluding steroid dienone is 1. The highest BCUT2D eigenvalue weighted by atomic mass is 32.2. The number of halogens is 1. The number of amidine groups is 1. The van der Waals surface area contributed by atoms with E-state index in [2.05, 4.69) is 16.9 Å². The molecule has 1 unspecified atom stereocenters. The molecular weight excluding hydrogens is 509 g/mol. The first kappa shape index (κ1) is 27.0. The predicted molar refractivity (Wildman–Crippen MR) is 144 cm³/mol. The van der Waals surface area contributed by atoms with E-state index in [9.17, 15) is 14.0 Å². The van der Waals surface area contributed by atoms with E-state index in [4.69, 9.17) is 14.2 Å². The van der Waals surface area contributed by atoms with Crippen molar-refractivity contribution < 1.29 is 28.2 Å². The highest BCUT2D eigenvalue weighted by molar-refractivity contribution is 8.16. The average Bonchev–Trinajstić information content (AvgIpc) is 3.31. The van der Waals surface area contributed by atoms with Crippen LogP contribution in [0.5, 0.6) is 11.5 Å². The van der Waals surface area contributed by atoms with Gasteiger partial charge in [0.25, 0.3) is 0 Å². The second-order valence-corrected chi connectivity index (χ2v) is 9.31. The summed E-state index contributed by atoms with van der Waals surface area (Å²) in [4.78, 5) is 32.7. The zero-order valence-corrected chi connectivity index (χ0v) is 22.1. The van der Waals surface area contributed by atoms with E-state index in [0.29, 0.717) is 33.6 Å². The molecule has 2 aromatic rings. The van der Waals surface area contributed by atoms with Crippen molar-refractivity contribution in [1.29, 1.82) is 0 Å². The van der Waals surface area contributed by atoms with Crippen LogP contribution in [0.1, 0.15) is 30.5 Å². The van der Waals surface area contributed by atoms with Gasteiger partial charge >= 0.3 is 5.97 Å². The molecule has 2 aliphatic rings. The summed E-state index contributed by atoms with van der Waals surface area (Å²) in [6.07, 6.45) is 1.55. The van der Waals surface area contributed by atoms with E-state index in [-0.39, 0.29) is 31.3 Å². The Labute approximate surface area is 224 Å². The molecule has 2 heterocycles. The molecule has 1 N–H and O–H groups in total. The monoisotopic (exact) mass is 537 g/mol. The number of hydrogen-bond donors (Lipinski definition) is 1. The third-order valence-electron chi connectivity index (χ3n) is 6.02.